The number of nitrogens with zero attached hydrogens (tertiary/aromatic N) is 2. The molecule has 1 aliphatic rings. The Kier molecular flexibility index (Phi) is 6.87. The lowest BCUT2D eigenvalue weighted by molar-refractivity contribution is -0.130. The van der Waals surface area contributed by atoms with Crippen molar-refractivity contribution < 1.29 is 9.59 Å². The molecule has 5 heteroatoms. The van der Waals surface area contributed by atoms with Gasteiger partial charge in [0.15, 0.2) is 0 Å². The van der Waals surface area contributed by atoms with E-state index in [4.69, 9.17) is 0 Å². The summed E-state index contributed by atoms with van der Waals surface area (Å²) >= 11 is 0. The molecule has 0 aliphatic carbocycles. The standard InChI is InChI=1S/C28H31N3O2/c1-3-15-30-27(33)28(14-17-31(20-28)26(32)25-13-6-7-16-29-25)19-23-10-4-5-12-24(23)22-11-8-9-21(2)18-22/h4-13,16,18H,3,14-15,17,19-20H2,1-2H3,(H,30,33). The fourth-order valence-corrected chi connectivity index (χ4v) is 4.67. The monoisotopic (exact) mass is 441 g/mol. The van der Waals surface area contributed by atoms with Crippen LogP contribution in [0.4, 0.5) is 0 Å². The van der Waals surface area contributed by atoms with Crippen LogP contribution in [-0.4, -0.2) is 41.3 Å². The van der Waals surface area contributed by atoms with Crippen molar-refractivity contribution in [3.05, 3.63) is 89.7 Å². The molecular formula is C28H31N3O2. The predicted molar refractivity (Wildman–Crippen MR) is 131 cm³/mol. The highest BCUT2D eigenvalue weighted by Crippen LogP contribution is 2.38. The van der Waals surface area contributed by atoms with Crippen molar-refractivity contribution in [3.63, 3.8) is 0 Å². The molecule has 1 unspecified atom stereocenters. The van der Waals surface area contributed by atoms with Gasteiger partial charge in [-0.3, -0.25) is 14.6 Å². The Morgan fingerprint density at radius 1 is 1.06 bits per heavy atom. The number of pyridine rings is 1. The molecule has 2 aromatic carbocycles. The lowest BCUT2D eigenvalue weighted by atomic mass is 9.78. The van der Waals surface area contributed by atoms with E-state index in [1.807, 2.05) is 25.1 Å². The molecule has 1 fully saturated rings. The molecule has 0 saturated carbocycles. The summed E-state index contributed by atoms with van der Waals surface area (Å²) in [7, 11) is 0. The quantitative estimate of drug-likeness (QED) is 0.580. The van der Waals surface area contributed by atoms with Gasteiger partial charge in [0.2, 0.25) is 5.91 Å². The van der Waals surface area contributed by atoms with Gasteiger partial charge in [0.1, 0.15) is 5.69 Å². The third-order valence-corrected chi connectivity index (χ3v) is 6.42. The van der Waals surface area contributed by atoms with Crippen LogP contribution >= 0.6 is 0 Å². The molecular weight excluding hydrogens is 410 g/mol. The number of carbonyl (C=O) groups excluding carboxylic acids is 2. The zero-order valence-electron chi connectivity index (χ0n) is 19.4. The Labute approximate surface area is 195 Å². The van der Waals surface area contributed by atoms with E-state index >= 15 is 0 Å². The fraction of sp³-hybridized carbons (Fsp3) is 0.321. The lowest BCUT2D eigenvalue weighted by Crippen LogP contribution is -2.45. The summed E-state index contributed by atoms with van der Waals surface area (Å²) in [4.78, 5) is 32.6. The van der Waals surface area contributed by atoms with Crippen LogP contribution in [0, 0.1) is 12.3 Å². The smallest absolute Gasteiger partial charge is 0.272 e. The molecule has 1 N–H and O–H groups in total. The normalized spacial score (nSPS) is 17.7. The van der Waals surface area contributed by atoms with Gasteiger partial charge in [-0.15, -0.1) is 0 Å². The minimum Gasteiger partial charge on any atom is -0.356 e. The molecule has 33 heavy (non-hydrogen) atoms. The van der Waals surface area contributed by atoms with E-state index < -0.39 is 5.41 Å². The van der Waals surface area contributed by atoms with Crippen LogP contribution in [0.25, 0.3) is 11.1 Å². The van der Waals surface area contributed by atoms with Crippen LogP contribution in [-0.2, 0) is 11.2 Å². The largest absolute Gasteiger partial charge is 0.356 e. The fourth-order valence-electron chi connectivity index (χ4n) is 4.67. The van der Waals surface area contributed by atoms with Gasteiger partial charge >= 0.3 is 0 Å². The highest BCUT2D eigenvalue weighted by atomic mass is 16.2. The number of hydrogen-bond donors (Lipinski definition) is 1. The molecule has 1 aromatic heterocycles. The van der Waals surface area contributed by atoms with Gasteiger partial charge in [0, 0.05) is 25.8 Å². The second-order valence-electron chi connectivity index (χ2n) is 8.93. The maximum absolute atomic E-state index is 13.5. The van der Waals surface area contributed by atoms with E-state index in [-0.39, 0.29) is 11.8 Å². The molecule has 2 amide bonds. The van der Waals surface area contributed by atoms with Gasteiger partial charge in [0.25, 0.3) is 5.91 Å². The summed E-state index contributed by atoms with van der Waals surface area (Å²) in [6.07, 6.45) is 3.71. The first kappa shape index (κ1) is 22.7. The van der Waals surface area contributed by atoms with Crippen LogP contribution in [0.2, 0.25) is 0 Å². The van der Waals surface area contributed by atoms with Crippen LogP contribution in [0.1, 0.15) is 41.4 Å². The molecule has 5 nitrogen and oxygen atoms in total. The third-order valence-electron chi connectivity index (χ3n) is 6.42. The zero-order valence-corrected chi connectivity index (χ0v) is 19.4. The first-order valence-corrected chi connectivity index (χ1v) is 11.7. The van der Waals surface area contributed by atoms with E-state index in [0.717, 1.165) is 23.1 Å². The average molecular weight is 442 g/mol. The second-order valence-corrected chi connectivity index (χ2v) is 8.93. The van der Waals surface area contributed by atoms with Crippen LogP contribution in [0.3, 0.4) is 0 Å². The molecule has 0 radical (unpaired) electrons. The van der Waals surface area contributed by atoms with E-state index in [1.54, 1.807) is 23.2 Å². The second kappa shape index (κ2) is 9.99. The van der Waals surface area contributed by atoms with Gasteiger partial charge in [-0.05, 0) is 55.0 Å². The van der Waals surface area contributed by atoms with E-state index in [2.05, 4.69) is 53.6 Å². The summed E-state index contributed by atoms with van der Waals surface area (Å²) in [6, 6.07) is 22.1. The summed E-state index contributed by atoms with van der Waals surface area (Å²) in [5.41, 5.74) is 4.36. The number of carbonyl (C=O) groups is 2. The Morgan fingerprint density at radius 3 is 2.64 bits per heavy atom. The molecule has 170 valence electrons. The molecule has 1 atom stereocenters. The highest BCUT2D eigenvalue weighted by molar-refractivity contribution is 5.94. The molecule has 3 aromatic rings. The molecule has 0 bridgehead atoms. The molecule has 1 saturated heterocycles. The van der Waals surface area contributed by atoms with Gasteiger partial charge < -0.3 is 10.2 Å². The van der Waals surface area contributed by atoms with Crippen molar-refractivity contribution in [1.29, 1.82) is 0 Å². The van der Waals surface area contributed by atoms with E-state index in [9.17, 15) is 9.59 Å². The number of aromatic nitrogens is 1. The Hall–Kier alpha value is -3.47. The SMILES string of the molecule is CCCNC(=O)C1(Cc2ccccc2-c2cccc(C)c2)CCN(C(=O)c2ccccn2)C1. The van der Waals surface area contributed by atoms with Crippen LogP contribution in [0.5, 0.6) is 0 Å². The first-order chi connectivity index (χ1) is 16.0. The minimum absolute atomic E-state index is 0.0275. The highest BCUT2D eigenvalue weighted by Gasteiger charge is 2.46. The Balaban J connectivity index is 1.66. The number of aryl methyl sites for hydroxylation is 1. The van der Waals surface area contributed by atoms with E-state index in [0.29, 0.717) is 38.2 Å². The van der Waals surface area contributed by atoms with Gasteiger partial charge in [-0.1, -0.05) is 67.1 Å². The number of rotatable bonds is 7. The Morgan fingerprint density at radius 2 is 1.88 bits per heavy atom. The minimum atomic E-state index is -0.667. The summed E-state index contributed by atoms with van der Waals surface area (Å²) in [6.45, 7) is 5.70. The van der Waals surface area contributed by atoms with Crippen molar-refractivity contribution in [3.8, 4) is 11.1 Å². The summed E-state index contributed by atoms with van der Waals surface area (Å²) < 4.78 is 0. The topological polar surface area (TPSA) is 62.3 Å². The molecule has 4 rings (SSSR count). The van der Waals surface area contributed by atoms with Crippen LogP contribution in [0.15, 0.2) is 72.9 Å². The van der Waals surface area contributed by atoms with Gasteiger partial charge in [-0.25, -0.2) is 0 Å². The number of benzene rings is 2. The van der Waals surface area contributed by atoms with Crippen molar-refractivity contribution in [2.75, 3.05) is 19.6 Å². The van der Waals surface area contributed by atoms with Crippen molar-refractivity contribution in [2.45, 2.75) is 33.1 Å². The molecule has 0 spiro atoms. The predicted octanol–water partition coefficient (Wildman–Crippen LogP) is 4.66. The van der Waals surface area contributed by atoms with Gasteiger partial charge in [0.05, 0.1) is 5.41 Å². The van der Waals surface area contributed by atoms with Crippen LogP contribution < -0.4 is 5.32 Å². The summed E-state index contributed by atoms with van der Waals surface area (Å²) in [5.74, 6) is -0.0903. The lowest BCUT2D eigenvalue weighted by Gasteiger charge is -2.29. The molecule has 1 aliphatic heterocycles. The Bertz CT molecular complexity index is 1130. The zero-order chi connectivity index (χ0) is 23.3. The maximum Gasteiger partial charge on any atom is 0.272 e. The van der Waals surface area contributed by atoms with Crippen molar-refractivity contribution >= 4 is 11.8 Å². The maximum atomic E-state index is 13.5. The third kappa shape index (κ3) is 4.98. The number of amides is 2. The van der Waals surface area contributed by atoms with Crippen molar-refractivity contribution in [1.82, 2.24) is 15.2 Å². The molecule has 2 heterocycles. The van der Waals surface area contributed by atoms with Gasteiger partial charge in [-0.2, -0.15) is 0 Å². The van der Waals surface area contributed by atoms with E-state index in [1.165, 1.54) is 5.56 Å². The number of nitrogens with one attached hydrogen (secondary N) is 1. The summed E-state index contributed by atoms with van der Waals surface area (Å²) in [5, 5.41) is 3.11. The first-order valence-electron chi connectivity index (χ1n) is 11.7. The average Bonchev–Trinajstić information content (AvgIpc) is 3.28. The van der Waals surface area contributed by atoms with Crippen molar-refractivity contribution in [2.24, 2.45) is 5.41 Å². The number of hydrogen-bond acceptors (Lipinski definition) is 3. The number of likely N-dealkylation sites (tertiary alicyclic amines) is 1.